The van der Waals surface area contributed by atoms with Gasteiger partial charge >= 0.3 is 0 Å². The van der Waals surface area contributed by atoms with Gasteiger partial charge in [0.25, 0.3) is 15.9 Å². The van der Waals surface area contributed by atoms with Crippen LogP contribution in [0.5, 0.6) is 0 Å². The van der Waals surface area contributed by atoms with Crippen molar-refractivity contribution in [1.82, 2.24) is 5.32 Å². The smallest absolute Gasteiger partial charge is 0.262 e. The predicted octanol–water partition coefficient (Wildman–Crippen LogP) is 3.70. The van der Waals surface area contributed by atoms with E-state index in [4.69, 9.17) is 0 Å². The van der Waals surface area contributed by atoms with Crippen molar-refractivity contribution in [1.29, 1.82) is 0 Å². The quantitative estimate of drug-likeness (QED) is 0.457. The average Bonchev–Trinajstić information content (AvgIpc) is 2.85. The highest BCUT2D eigenvalue weighted by molar-refractivity contribution is 7.92. The normalized spacial score (nSPS) is 18.0. The topological polar surface area (TPSA) is 79.7 Å². The number of piperidine rings is 1. The molecule has 0 bridgehead atoms. The highest BCUT2D eigenvalue weighted by Crippen LogP contribution is 2.29. The molecule has 0 atom stereocenters. The Morgan fingerprint density at radius 1 is 0.889 bits per heavy atom. The summed E-state index contributed by atoms with van der Waals surface area (Å²) in [6.07, 6.45) is 1.78. The number of sulfonamides is 1. The minimum absolute atomic E-state index is 0.0746. The number of para-hydroxylation sites is 1. The maximum Gasteiger partial charge on any atom is 0.262 e. The van der Waals surface area contributed by atoms with Crippen LogP contribution >= 0.6 is 0 Å². The Balaban J connectivity index is 1.45. The van der Waals surface area contributed by atoms with E-state index in [0.717, 1.165) is 54.7 Å². The SMILES string of the molecule is Cc1cc(C)c(C)c(S(=O)(=O)Nc2ccccc2C(=O)NC2CC[NH+](Cc3ccccc3)CC2)c1C. The third-order valence-electron chi connectivity index (χ3n) is 7.31. The number of hydrogen-bond donors (Lipinski definition) is 3. The van der Waals surface area contributed by atoms with E-state index >= 15 is 0 Å². The lowest BCUT2D eigenvalue weighted by Gasteiger charge is -2.30. The van der Waals surface area contributed by atoms with Crippen LogP contribution in [0.1, 0.15) is 51.0 Å². The molecular formula is C29H36N3O3S+. The summed E-state index contributed by atoms with van der Waals surface area (Å²) < 4.78 is 29.6. The van der Waals surface area contributed by atoms with Crippen LogP contribution in [0.25, 0.3) is 0 Å². The summed E-state index contributed by atoms with van der Waals surface area (Å²) in [5, 5.41) is 3.14. The lowest BCUT2D eigenvalue weighted by molar-refractivity contribution is -0.918. The number of anilines is 1. The van der Waals surface area contributed by atoms with E-state index in [-0.39, 0.29) is 16.8 Å². The van der Waals surface area contributed by atoms with Gasteiger partial charge in [0, 0.05) is 24.4 Å². The maximum atomic E-state index is 13.5. The lowest BCUT2D eigenvalue weighted by atomic mass is 10.0. The van der Waals surface area contributed by atoms with E-state index in [1.165, 1.54) is 10.5 Å². The third-order valence-corrected chi connectivity index (χ3v) is 8.95. The summed E-state index contributed by atoms with van der Waals surface area (Å²) in [6, 6.07) is 19.3. The van der Waals surface area contributed by atoms with Gasteiger partial charge in [-0.15, -0.1) is 0 Å². The highest BCUT2D eigenvalue weighted by Gasteiger charge is 2.27. The molecule has 3 aromatic rings. The Labute approximate surface area is 214 Å². The van der Waals surface area contributed by atoms with Crippen LogP contribution in [-0.2, 0) is 16.6 Å². The number of amides is 1. The molecule has 0 saturated carbocycles. The average molecular weight is 507 g/mol. The largest absolute Gasteiger partial charge is 0.349 e. The van der Waals surface area contributed by atoms with Crippen LogP contribution in [0, 0.1) is 27.7 Å². The van der Waals surface area contributed by atoms with Crippen molar-refractivity contribution in [2.24, 2.45) is 0 Å². The number of benzene rings is 3. The number of carbonyl (C=O) groups excluding carboxylic acids is 1. The minimum Gasteiger partial charge on any atom is -0.349 e. The summed E-state index contributed by atoms with van der Waals surface area (Å²) in [5.74, 6) is -0.251. The first kappa shape index (κ1) is 25.9. The molecule has 3 N–H and O–H groups in total. The minimum atomic E-state index is -3.88. The second kappa shape index (κ2) is 10.8. The van der Waals surface area contributed by atoms with Gasteiger partial charge in [-0.05, 0) is 62.1 Å². The summed E-state index contributed by atoms with van der Waals surface area (Å²) in [5.41, 5.74) is 5.23. The van der Waals surface area contributed by atoms with Crippen molar-refractivity contribution in [3.8, 4) is 0 Å². The molecule has 0 aliphatic carbocycles. The predicted molar refractivity (Wildman–Crippen MR) is 144 cm³/mol. The van der Waals surface area contributed by atoms with Crippen molar-refractivity contribution in [2.75, 3.05) is 17.8 Å². The molecule has 36 heavy (non-hydrogen) atoms. The molecule has 190 valence electrons. The molecule has 0 unspecified atom stereocenters. The molecule has 1 saturated heterocycles. The number of aryl methyl sites for hydroxylation is 2. The summed E-state index contributed by atoms with van der Waals surface area (Å²) in [7, 11) is -3.88. The third kappa shape index (κ3) is 5.79. The maximum absolute atomic E-state index is 13.5. The molecule has 1 aliphatic rings. The van der Waals surface area contributed by atoms with Crippen molar-refractivity contribution >= 4 is 21.6 Å². The van der Waals surface area contributed by atoms with Crippen LogP contribution in [0.4, 0.5) is 5.69 Å². The summed E-state index contributed by atoms with van der Waals surface area (Å²) >= 11 is 0. The number of hydrogen-bond acceptors (Lipinski definition) is 3. The van der Waals surface area contributed by atoms with Crippen molar-refractivity contribution in [2.45, 2.75) is 58.0 Å². The number of quaternary nitrogens is 1. The monoisotopic (exact) mass is 506 g/mol. The van der Waals surface area contributed by atoms with E-state index in [9.17, 15) is 13.2 Å². The molecule has 1 aliphatic heterocycles. The fourth-order valence-electron chi connectivity index (χ4n) is 5.04. The number of likely N-dealkylation sites (tertiary alicyclic amines) is 1. The van der Waals surface area contributed by atoms with Gasteiger partial charge in [0.15, 0.2) is 0 Å². The molecule has 1 amide bonds. The zero-order valence-corrected chi connectivity index (χ0v) is 22.3. The van der Waals surface area contributed by atoms with Gasteiger partial charge in [-0.2, -0.15) is 0 Å². The molecule has 3 aromatic carbocycles. The molecule has 4 rings (SSSR count). The number of carbonyl (C=O) groups is 1. The fourth-order valence-corrected chi connectivity index (χ4v) is 6.74. The van der Waals surface area contributed by atoms with E-state index in [2.05, 4.69) is 34.3 Å². The highest BCUT2D eigenvalue weighted by atomic mass is 32.2. The molecule has 7 heteroatoms. The Kier molecular flexibility index (Phi) is 7.81. The molecule has 0 radical (unpaired) electrons. The number of rotatable bonds is 7. The standard InChI is InChI=1S/C29H35N3O3S/c1-20-18-21(2)23(4)28(22(20)3)36(34,35)31-27-13-9-8-12-26(27)29(33)30-25-14-16-32(17-15-25)19-24-10-6-5-7-11-24/h5-13,18,25,31H,14-17,19H2,1-4H3,(H,30,33)/p+1. The van der Waals surface area contributed by atoms with Gasteiger partial charge in [-0.1, -0.05) is 48.5 Å². The van der Waals surface area contributed by atoms with Gasteiger partial charge in [0.1, 0.15) is 6.54 Å². The van der Waals surface area contributed by atoms with Crippen LogP contribution in [-0.4, -0.2) is 33.5 Å². The Hall–Kier alpha value is -3.16. The van der Waals surface area contributed by atoms with Gasteiger partial charge in [0.2, 0.25) is 0 Å². The number of nitrogens with one attached hydrogen (secondary N) is 3. The second-order valence-corrected chi connectivity index (χ2v) is 11.5. The molecular weight excluding hydrogens is 470 g/mol. The van der Waals surface area contributed by atoms with Crippen LogP contribution in [0.15, 0.2) is 65.6 Å². The van der Waals surface area contributed by atoms with E-state index < -0.39 is 10.0 Å². The van der Waals surface area contributed by atoms with Gasteiger partial charge < -0.3 is 10.2 Å². The van der Waals surface area contributed by atoms with Gasteiger partial charge in [-0.3, -0.25) is 9.52 Å². The Morgan fingerprint density at radius 3 is 2.11 bits per heavy atom. The molecule has 0 aromatic heterocycles. The van der Waals surface area contributed by atoms with E-state index in [0.29, 0.717) is 11.3 Å². The first-order valence-corrected chi connectivity index (χ1v) is 14.0. The van der Waals surface area contributed by atoms with E-state index in [1.54, 1.807) is 24.3 Å². The van der Waals surface area contributed by atoms with Gasteiger partial charge in [-0.25, -0.2) is 8.42 Å². The van der Waals surface area contributed by atoms with Crippen LogP contribution < -0.4 is 14.9 Å². The Bertz CT molecular complexity index is 1320. The van der Waals surface area contributed by atoms with Gasteiger partial charge in [0.05, 0.1) is 29.2 Å². The molecule has 6 nitrogen and oxygen atoms in total. The zero-order valence-electron chi connectivity index (χ0n) is 21.5. The molecule has 0 spiro atoms. The Morgan fingerprint density at radius 2 is 1.47 bits per heavy atom. The first-order valence-electron chi connectivity index (χ1n) is 12.5. The lowest BCUT2D eigenvalue weighted by Crippen LogP contribution is -3.12. The first-order chi connectivity index (χ1) is 17.2. The summed E-state index contributed by atoms with van der Waals surface area (Å²) in [6.45, 7) is 10.4. The molecule has 1 fully saturated rings. The van der Waals surface area contributed by atoms with Crippen LogP contribution in [0.2, 0.25) is 0 Å². The fraction of sp³-hybridized carbons (Fsp3) is 0.345. The molecule has 1 heterocycles. The van der Waals surface area contributed by atoms with Crippen molar-refractivity contribution in [3.05, 3.63) is 94.0 Å². The van der Waals surface area contributed by atoms with Crippen molar-refractivity contribution in [3.63, 3.8) is 0 Å². The summed E-state index contributed by atoms with van der Waals surface area (Å²) in [4.78, 5) is 15.0. The van der Waals surface area contributed by atoms with Crippen LogP contribution in [0.3, 0.4) is 0 Å². The van der Waals surface area contributed by atoms with E-state index in [1.807, 2.05) is 39.8 Å². The van der Waals surface area contributed by atoms with Crippen molar-refractivity contribution < 1.29 is 18.1 Å². The zero-order chi connectivity index (χ0) is 25.9. The second-order valence-electron chi connectivity index (χ2n) is 9.90.